The van der Waals surface area contributed by atoms with Crippen molar-refractivity contribution in [1.82, 2.24) is 5.32 Å². The summed E-state index contributed by atoms with van der Waals surface area (Å²) in [6, 6.07) is 8.48. The molecule has 1 fully saturated rings. The third-order valence-electron chi connectivity index (χ3n) is 3.87. The Bertz CT molecular complexity index is 390. The molecule has 3 rings (SSSR count). The van der Waals surface area contributed by atoms with Gasteiger partial charge in [0.15, 0.2) is 0 Å². The summed E-state index contributed by atoms with van der Waals surface area (Å²) < 4.78 is 5.70. The Morgan fingerprint density at radius 1 is 1.22 bits per heavy atom. The molecule has 1 aromatic carbocycles. The van der Waals surface area contributed by atoms with Crippen LogP contribution in [0, 0.1) is 0 Å². The molecule has 98 valence electrons. The van der Waals surface area contributed by atoms with Crippen LogP contribution in [-0.4, -0.2) is 30.7 Å². The van der Waals surface area contributed by atoms with Crippen LogP contribution in [0.15, 0.2) is 24.3 Å². The molecule has 1 aromatic rings. The summed E-state index contributed by atoms with van der Waals surface area (Å²) in [5.74, 6) is 3.07. The summed E-state index contributed by atoms with van der Waals surface area (Å²) in [5.41, 5.74) is 1.38. The van der Waals surface area contributed by atoms with Gasteiger partial charge in [0.05, 0.1) is 6.61 Å². The Labute approximate surface area is 113 Å². The van der Waals surface area contributed by atoms with E-state index in [1.165, 1.54) is 30.7 Å². The second kappa shape index (κ2) is 5.98. The number of hydrogen-bond donors (Lipinski definition) is 1. The topological polar surface area (TPSA) is 21.3 Å². The lowest BCUT2D eigenvalue weighted by atomic mass is 9.93. The van der Waals surface area contributed by atoms with Crippen molar-refractivity contribution >= 4 is 11.8 Å². The van der Waals surface area contributed by atoms with Crippen molar-refractivity contribution in [2.24, 2.45) is 0 Å². The predicted molar refractivity (Wildman–Crippen MR) is 77.6 cm³/mol. The van der Waals surface area contributed by atoms with Crippen LogP contribution < -0.4 is 10.1 Å². The minimum absolute atomic E-state index is 0.626. The van der Waals surface area contributed by atoms with E-state index < -0.39 is 0 Å². The SMILES string of the molecule is c1ccc2c(c1)OCCC2CNCC1CCCS1. The highest BCUT2D eigenvalue weighted by atomic mass is 32.2. The maximum absolute atomic E-state index is 5.70. The van der Waals surface area contributed by atoms with Crippen LogP contribution in [0.4, 0.5) is 0 Å². The molecule has 0 saturated carbocycles. The van der Waals surface area contributed by atoms with Gasteiger partial charge in [-0.05, 0) is 36.6 Å². The lowest BCUT2D eigenvalue weighted by Crippen LogP contribution is -2.30. The van der Waals surface area contributed by atoms with Crippen molar-refractivity contribution in [2.75, 3.05) is 25.4 Å². The first-order valence-corrected chi connectivity index (χ1v) is 8.02. The molecule has 2 heterocycles. The minimum Gasteiger partial charge on any atom is -0.493 e. The lowest BCUT2D eigenvalue weighted by molar-refractivity contribution is 0.264. The van der Waals surface area contributed by atoms with Gasteiger partial charge >= 0.3 is 0 Å². The van der Waals surface area contributed by atoms with Crippen LogP contribution in [0.5, 0.6) is 5.75 Å². The molecule has 3 heteroatoms. The summed E-state index contributed by atoms with van der Waals surface area (Å²) >= 11 is 2.13. The first kappa shape index (κ1) is 12.4. The molecule has 2 atom stereocenters. The molecule has 2 aliphatic heterocycles. The highest BCUT2D eigenvalue weighted by Crippen LogP contribution is 2.33. The zero-order valence-electron chi connectivity index (χ0n) is 10.7. The minimum atomic E-state index is 0.626. The Kier molecular flexibility index (Phi) is 4.11. The molecule has 2 nitrogen and oxygen atoms in total. The molecule has 2 unspecified atom stereocenters. The maximum Gasteiger partial charge on any atom is 0.122 e. The van der Waals surface area contributed by atoms with E-state index >= 15 is 0 Å². The van der Waals surface area contributed by atoms with Gasteiger partial charge in [0.2, 0.25) is 0 Å². The normalized spacial score (nSPS) is 26.7. The summed E-state index contributed by atoms with van der Waals surface area (Å²) in [4.78, 5) is 0. The molecule has 0 amide bonds. The molecule has 0 aliphatic carbocycles. The largest absolute Gasteiger partial charge is 0.493 e. The standard InChI is InChI=1S/C15H21NOS/c1-2-6-15-14(5-1)12(7-8-17-15)10-16-11-13-4-3-9-18-13/h1-2,5-6,12-13,16H,3-4,7-11H2. The third kappa shape index (κ3) is 2.83. The Balaban J connectivity index is 1.54. The number of hydrogen-bond acceptors (Lipinski definition) is 3. The van der Waals surface area contributed by atoms with Crippen LogP contribution in [0.2, 0.25) is 0 Å². The van der Waals surface area contributed by atoms with Crippen molar-refractivity contribution in [2.45, 2.75) is 30.4 Å². The average molecular weight is 263 g/mol. The van der Waals surface area contributed by atoms with Gasteiger partial charge in [-0.3, -0.25) is 0 Å². The Morgan fingerprint density at radius 2 is 2.17 bits per heavy atom. The molecule has 2 aliphatic rings. The van der Waals surface area contributed by atoms with E-state index in [1.807, 2.05) is 0 Å². The zero-order valence-corrected chi connectivity index (χ0v) is 11.5. The van der Waals surface area contributed by atoms with E-state index in [2.05, 4.69) is 41.3 Å². The third-order valence-corrected chi connectivity index (χ3v) is 5.27. The number of nitrogens with one attached hydrogen (secondary N) is 1. The van der Waals surface area contributed by atoms with Crippen molar-refractivity contribution in [3.63, 3.8) is 0 Å². The highest BCUT2D eigenvalue weighted by Gasteiger charge is 2.21. The number of rotatable bonds is 4. The molecule has 18 heavy (non-hydrogen) atoms. The van der Waals surface area contributed by atoms with Gasteiger partial charge in [-0.1, -0.05) is 18.2 Å². The summed E-state index contributed by atoms with van der Waals surface area (Å²) in [6.45, 7) is 3.13. The van der Waals surface area contributed by atoms with Gasteiger partial charge < -0.3 is 10.1 Å². The predicted octanol–water partition coefficient (Wildman–Crippen LogP) is 3.04. The molecule has 0 spiro atoms. The summed E-state index contributed by atoms with van der Waals surface area (Å²) in [6.07, 6.45) is 3.93. The number of benzene rings is 1. The Morgan fingerprint density at radius 3 is 3.06 bits per heavy atom. The quantitative estimate of drug-likeness (QED) is 0.902. The second-order valence-corrected chi connectivity index (χ2v) is 6.57. The lowest BCUT2D eigenvalue weighted by Gasteiger charge is -2.26. The Hall–Kier alpha value is -0.670. The van der Waals surface area contributed by atoms with Crippen molar-refractivity contribution in [1.29, 1.82) is 0 Å². The molecule has 0 aromatic heterocycles. The number of fused-ring (bicyclic) bond motifs is 1. The smallest absolute Gasteiger partial charge is 0.122 e. The average Bonchev–Trinajstić information content (AvgIpc) is 2.92. The van der Waals surface area contributed by atoms with E-state index in [0.29, 0.717) is 5.92 Å². The van der Waals surface area contributed by atoms with Gasteiger partial charge in [-0.15, -0.1) is 0 Å². The van der Waals surface area contributed by atoms with E-state index in [-0.39, 0.29) is 0 Å². The van der Waals surface area contributed by atoms with Gasteiger partial charge in [0.1, 0.15) is 5.75 Å². The van der Waals surface area contributed by atoms with E-state index in [1.54, 1.807) is 0 Å². The number of ether oxygens (including phenoxy) is 1. The fraction of sp³-hybridized carbons (Fsp3) is 0.600. The number of para-hydroxylation sites is 1. The first-order valence-electron chi connectivity index (χ1n) is 6.97. The summed E-state index contributed by atoms with van der Waals surface area (Å²) in [5, 5.41) is 4.51. The maximum atomic E-state index is 5.70. The van der Waals surface area contributed by atoms with Gasteiger partial charge in [0, 0.05) is 24.3 Å². The fourth-order valence-corrected chi connectivity index (χ4v) is 4.09. The monoisotopic (exact) mass is 263 g/mol. The van der Waals surface area contributed by atoms with E-state index in [4.69, 9.17) is 4.74 Å². The second-order valence-electron chi connectivity index (χ2n) is 5.17. The van der Waals surface area contributed by atoms with Crippen LogP contribution in [0.3, 0.4) is 0 Å². The molecule has 1 saturated heterocycles. The molecule has 0 bridgehead atoms. The van der Waals surface area contributed by atoms with Crippen LogP contribution in [0.25, 0.3) is 0 Å². The number of thioether (sulfide) groups is 1. The molecule has 1 N–H and O–H groups in total. The first-order chi connectivity index (χ1) is 8.93. The van der Waals surface area contributed by atoms with Crippen LogP contribution in [0.1, 0.15) is 30.7 Å². The van der Waals surface area contributed by atoms with E-state index in [0.717, 1.165) is 30.6 Å². The van der Waals surface area contributed by atoms with Gasteiger partial charge in [-0.25, -0.2) is 0 Å². The van der Waals surface area contributed by atoms with Gasteiger partial charge in [-0.2, -0.15) is 11.8 Å². The highest BCUT2D eigenvalue weighted by molar-refractivity contribution is 8.00. The van der Waals surface area contributed by atoms with Crippen molar-refractivity contribution < 1.29 is 4.74 Å². The fourth-order valence-electron chi connectivity index (χ4n) is 2.85. The summed E-state index contributed by atoms with van der Waals surface area (Å²) in [7, 11) is 0. The van der Waals surface area contributed by atoms with Crippen LogP contribution in [-0.2, 0) is 0 Å². The molecule has 0 radical (unpaired) electrons. The van der Waals surface area contributed by atoms with Crippen molar-refractivity contribution in [3.05, 3.63) is 29.8 Å². The zero-order chi connectivity index (χ0) is 12.2. The van der Waals surface area contributed by atoms with Crippen molar-refractivity contribution in [3.8, 4) is 5.75 Å². The van der Waals surface area contributed by atoms with E-state index in [9.17, 15) is 0 Å². The molecular weight excluding hydrogens is 242 g/mol. The molecular formula is C15H21NOS. The van der Waals surface area contributed by atoms with Gasteiger partial charge in [0.25, 0.3) is 0 Å². The van der Waals surface area contributed by atoms with Crippen LogP contribution >= 0.6 is 11.8 Å².